The predicted octanol–water partition coefficient (Wildman–Crippen LogP) is 1.72. The van der Waals surface area contributed by atoms with Gasteiger partial charge in [0.2, 0.25) is 10.0 Å². The zero-order valence-electron chi connectivity index (χ0n) is 13.7. The number of benzene rings is 1. The van der Waals surface area contributed by atoms with E-state index in [2.05, 4.69) is 0 Å². The first-order valence-corrected chi connectivity index (χ1v) is 8.82. The number of carboxylic acid groups (broad SMARTS) is 1. The van der Waals surface area contributed by atoms with Crippen LogP contribution in [0.2, 0.25) is 0 Å². The number of nitrogens with zero attached hydrogens (tertiary/aromatic N) is 1. The van der Waals surface area contributed by atoms with Crippen LogP contribution in [0.1, 0.15) is 19.8 Å². The third-order valence-electron chi connectivity index (χ3n) is 4.20. The average Bonchev–Trinajstić information content (AvgIpc) is 2.54. The topological polar surface area (TPSA) is 93.1 Å². The fraction of sp³-hybridized carbons (Fsp3) is 0.533. The molecule has 2 atom stereocenters. The van der Waals surface area contributed by atoms with Crippen molar-refractivity contribution in [1.29, 1.82) is 0 Å². The van der Waals surface area contributed by atoms with Gasteiger partial charge in [0.25, 0.3) is 0 Å². The fourth-order valence-corrected chi connectivity index (χ4v) is 4.54. The SMILES string of the molecule is COc1cc(F)c(S(=O)(=O)N2CC(C(=O)O)CCC2C)cc1OC. The van der Waals surface area contributed by atoms with Gasteiger partial charge in [-0.25, -0.2) is 12.8 Å². The summed E-state index contributed by atoms with van der Waals surface area (Å²) in [5.41, 5.74) is 0. The number of sulfonamides is 1. The second kappa shape index (κ2) is 6.94. The van der Waals surface area contributed by atoms with Crippen molar-refractivity contribution in [3.05, 3.63) is 17.9 Å². The van der Waals surface area contributed by atoms with Gasteiger partial charge in [-0.3, -0.25) is 4.79 Å². The van der Waals surface area contributed by atoms with Crippen LogP contribution in [0.25, 0.3) is 0 Å². The second-order valence-corrected chi connectivity index (χ2v) is 7.53. The summed E-state index contributed by atoms with van der Waals surface area (Å²) in [6.45, 7) is 1.49. The van der Waals surface area contributed by atoms with Gasteiger partial charge in [0.15, 0.2) is 11.5 Å². The number of hydrogen-bond acceptors (Lipinski definition) is 5. The summed E-state index contributed by atoms with van der Waals surface area (Å²) < 4.78 is 51.1. The molecule has 1 aromatic carbocycles. The maximum Gasteiger partial charge on any atom is 0.307 e. The molecule has 0 bridgehead atoms. The summed E-state index contributed by atoms with van der Waals surface area (Å²) in [5.74, 6) is -2.69. The van der Waals surface area contributed by atoms with E-state index >= 15 is 0 Å². The number of aliphatic carboxylic acids is 1. The molecule has 2 unspecified atom stereocenters. The Morgan fingerprint density at radius 1 is 1.25 bits per heavy atom. The van der Waals surface area contributed by atoms with Crippen LogP contribution >= 0.6 is 0 Å². The molecule has 0 saturated carbocycles. The maximum atomic E-state index is 14.3. The number of carboxylic acids is 1. The Bertz CT molecular complexity index is 736. The third kappa shape index (κ3) is 3.32. The maximum absolute atomic E-state index is 14.3. The minimum atomic E-state index is -4.21. The number of methoxy groups -OCH3 is 2. The van der Waals surface area contributed by atoms with E-state index in [0.717, 1.165) is 16.4 Å². The van der Waals surface area contributed by atoms with Gasteiger partial charge >= 0.3 is 5.97 Å². The molecule has 9 heteroatoms. The lowest BCUT2D eigenvalue weighted by Gasteiger charge is -2.35. The fourth-order valence-electron chi connectivity index (χ4n) is 2.77. The summed E-state index contributed by atoms with van der Waals surface area (Å²) in [4.78, 5) is 10.6. The van der Waals surface area contributed by atoms with Crippen molar-refractivity contribution in [2.24, 2.45) is 5.92 Å². The van der Waals surface area contributed by atoms with Crippen LogP contribution in [0.5, 0.6) is 11.5 Å². The lowest BCUT2D eigenvalue weighted by atomic mass is 9.96. The number of carbonyl (C=O) groups is 1. The smallest absolute Gasteiger partial charge is 0.307 e. The zero-order chi connectivity index (χ0) is 18.1. The van der Waals surface area contributed by atoms with Crippen LogP contribution in [0.3, 0.4) is 0 Å². The number of halogens is 1. The van der Waals surface area contributed by atoms with Gasteiger partial charge in [0.05, 0.1) is 20.1 Å². The molecule has 1 aliphatic rings. The monoisotopic (exact) mass is 361 g/mol. The molecule has 24 heavy (non-hydrogen) atoms. The summed E-state index contributed by atoms with van der Waals surface area (Å²) in [6, 6.07) is 1.58. The Morgan fingerprint density at radius 2 is 1.83 bits per heavy atom. The zero-order valence-corrected chi connectivity index (χ0v) is 14.5. The van der Waals surface area contributed by atoms with E-state index in [1.54, 1.807) is 6.92 Å². The van der Waals surface area contributed by atoms with Gasteiger partial charge in [0, 0.05) is 24.7 Å². The average molecular weight is 361 g/mol. The van der Waals surface area contributed by atoms with E-state index < -0.39 is 38.7 Å². The molecule has 0 aliphatic carbocycles. The third-order valence-corrected chi connectivity index (χ3v) is 6.19. The van der Waals surface area contributed by atoms with Gasteiger partial charge in [0.1, 0.15) is 10.7 Å². The highest BCUT2D eigenvalue weighted by molar-refractivity contribution is 7.89. The highest BCUT2D eigenvalue weighted by Crippen LogP contribution is 2.35. The number of ether oxygens (including phenoxy) is 2. The van der Waals surface area contributed by atoms with Crippen molar-refractivity contribution in [3.63, 3.8) is 0 Å². The van der Waals surface area contributed by atoms with Crippen LogP contribution in [-0.2, 0) is 14.8 Å². The minimum Gasteiger partial charge on any atom is -0.493 e. The van der Waals surface area contributed by atoms with Crippen LogP contribution in [0.15, 0.2) is 17.0 Å². The normalized spacial score (nSPS) is 22.2. The molecule has 1 heterocycles. The van der Waals surface area contributed by atoms with Crippen molar-refractivity contribution in [2.45, 2.75) is 30.7 Å². The first-order chi connectivity index (χ1) is 11.2. The first kappa shape index (κ1) is 18.5. The molecule has 7 nitrogen and oxygen atoms in total. The summed E-state index contributed by atoms with van der Waals surface area (Å²) in [5, 5.41) is 9.15. The summed E-state index contributed by atoms with van der Waals surface area (Å²) >= 11 is 0. The molecule has 0 radical (unpaired) electrons. The van der Waals surface area contributed by atoms with Crippen molar-refractivity contribution in [1.82, 2.24) is 4.31 Å². The van der Waals surface area contributed by atoms with E-state index in [-0.39, 0.29) is 18.0 Å². The molecular weight excluding hydrogens is 341 g/mol. The van der Waals surface area contributed by atoms with Gasteiger partial charge < -0.3 is 14.6 Å². The van der Waals surface area contributed by atoms with Crippen LogP contribution in [-0.4, -0.2) is 50.6 Å². The highest BCUT2D eigenvalue weighted by Gasteiger charge is 2.39. The second-order valence-electron chi connectivity index (χ2n) is 5.67. The molecule has 2 rings (SSSR count). The largest absolute Gasteiger partial charge is 0.493 e. The predicted molar refractivity (Wildman–Crippen MR) is 83.2 cm³/mol. The van der Waals surface area contributed by atoms with E-state index in [4.69, 9.17) is 14.6 Å². The van der Waals surface area contributed by atoms with Crippen LogP contribution < -0.4 is 9.47 Å². The van der Waals surface area contributed by atoms with Gasteiger partial charge in [-0.1, -0.05) is 0 Å². The van der Waals surface area contributed by atoms with Gasteiger partial charge in [-0.05, 0) is 19.8 Å². The molecule has 1 saturated heterocycles. The summed E-state index contributed by atoms with van der Waals surface area (Å²) in [6.07, 6.45) is 0.780. The van der Waals surface area contributed by atoms with Crippen LogP contribution in [0.4, 0.5) is 4.39 Å². The molecule has 0 aromatic heterocycles. The Kier molecular flexibility index (Phi) is 5.34. The lowest BCUT2D eigenvalue weighted by Crippen LogP contribution is -2.47. The molecule has 0 amide bonds. The molecule has 134 valence electrons. The molecule has 0 spiro atoms. The lowest BCUT2D eigenvalue weighted by molar-refractivity contribution is -0.143. The van der Waals surface area contributed by atoms with Crippen molar-refractivity contribution >= 4 is 16.0 Å². The summed E-state index contributed by atoms with van der Waals surface area (Å²) in [7, 11) is -1.58. The minimum absolute atomic E-state index is 0.0732. The van der Waals surface area contributed by atoms with Gasteiger partial charge in [-0.15, -0.1) is 0 Å². The number of hydrogen-bond donors (Lipinski definition) is 1. The number of piperidine rings is 1. The Morgan fingerprint density at radius 3 is 2.38 bits per heavy atom. The van der Waals surface area contributed by atoms with E-state index in [0.29, 0.717) is 12.8 Å². The van der Waals surface area contributed by atoms with E-state index in [1.165, 1.54) is 14.2 Å². The van der Waals surface area contributed by atoms with Crippen molar-refractivity contribution in [3.8, 4) is 11.5 Å². The van der Waals surface area contributed by atoms with Crippen molar-refractivity contribution in [2.75, 3.05) is 20.8 Å². The Balaban J connectivity index is 2.47. The van der Waals surface area contributed by atoms with Crippen molar-refractivity contribution < 1.29 is 32.2 Å². The van der Waals surface area contributed by atoms with E-state index in [1.807, 2.05) is 0 Å². The Hall–Kier alpha value is -1.87. The molecule has 1 aliphatic heterocycles. The quantitative estimate of drug-likeness (QED) is 0.858. The Labute approximate surface area is 140 Å². The van der Waals surface area contributed by atoms with Crippen LogP contribution in [0, 0.1) is 11.7 Å². The molecule has 1 N–H and O–H groups in total. The standard InChI is InChI=1S/C15H20FNO6S/c1-9-4-5-10(15(18)19)8-17(9)24(20,21)14-7-13(23-3)12(22-2)6-11(14)16/h6-7,9-10H,4-5,8H2,1-3H3,(H,18,19). The van der Waals surface area contributed by atoms with E-state index in [9.17, 15) is 17.6 Å². The molecular formula is C15H20FNO6S. The molecule has 1 aromatic rings. The van der Waals surface area contributed by atoms with Gasteiger partial charge in [-0.2, -0.15) is 4.31 Å². The molecule has 1 fully saturated rings. The number of rotatable bonds is 5. The first-order valence-electron chi connectivity index (χ1n) is 7.38. The highest BCUT2D eigenvalue weighted by atomic mass is 32.2.